The molecule has 2 aliphatic carbocycles. The molecule has 1 aliphatic heterocycles. The molecule has 6 heteroatoms. The molecule has 202 valence electrons. The number of rotatable bonds is 3. The number of nitrogens with zero attached hydrogens (tertiary/aromatic N) is 2. The van der Waals surface area contributed by atoms with Crippen LogP contribution in [0.15, 0.2) is 18.2 Å². The van der Waals surface area contributed by atoms with E-state index in [1.165, 1.54) is 32.1 Å². The number of nitriles is 1. The molecule has 1 heterocycles. The molecule has 1 N–H and O–H groups in total. The Morgan fingerprint density at radius 1 is 1.14 bits per heavy atom. The topological polar surface area (TPSA) is 65.4 Å². The number of amides is 1. The van der Waals surface area contributed by atoms with E-state index in [1.807, 2.05) is 58.9 Å². The van der Waals surface area contributed by atoms with Crippen molar-refractivity contribution in [2.45, 2.75) is 105 Å². The molecule has 0 aromatic heterocycles. The van der Waals surface area contributed by atoms with Gasteiger partial charge in [0, 0.05) is 18.0 Å². The van der Waals surface area contributed by atoms with Crippen LogP contribution in [0.25, 0.3) is 0 Å². The van der Waals surface area contributed by atoms with Crippen LogP contribution in [0.1, 0.15) is 99.0 Å². The highest BCUT2D eigenvalue weighted by Crippen LogP contribution is 2.47. The summed E-state index contributed by atoms with van der Waals surface area (Å²) >= 11 is 5.24. The van der Waals surface area contributed by atoms with E-state index in [0.717, 1.165) is 46.8 Å². The van der Waals surface area contributed by atoms with Gasteiger partial charge in [-0.1, -0.05) is 59.8 Å². The summed E-state index contributed by atoms with van der Waals surface area (Å²) in [6.07, 6.45) is 9.07. The Bertz CT molecular complexity index is 860. The summed E-state index contributed by atoms with van der Waals surface area (Å²) in [7, 11) is 1.59. The predicted octanol–water partition coefficient (Wildman–Crippen LogP) is 7.47. The molecule has 0 saturated heterocycles. The van der Waals surface area contributed by atoms with E-state index in [9.17, 15) is 4.79 Å². The molecule has 3 aliphatic rings. The van der Waals surface area contributed by atoms with E-state index in [1.54, 1.807) is 12.0 Å². The predicted molar refractivity (Wildman–Crippen MR) is 156 cm³/mol. The summed E-state index contributed by atoms with van der Waals surface area (Å²) < 4.78 is 5.16. The van der Waals surface area contributed by atoms with Crippen molar-refractivity contribution < 1.29 is 9.53 Å². The Morgan fingerprint density at radius 2 is 1.75 bits per heavy atom. The van der Waals surface area contributed by atoms with E-state index in [4.69, 9.17) is 22.2 Å². The second kappa shape index (κ2) is 15.9. The smallest absolute Gasteiger partial charge is 0.227 e. The van der Waals surface area contributed by atoms with Crippen molar-refractivity contribution in [3.8, 4) is 11.8 Å². The van der Waals surface area contributed by atoms with Crippen LogP contribution in [0, 0.1) is 29.1 Å². The van der Waals surface area contributed by atoms with Gasteiger partial charge in [0.05, 0.1) is 23.9 Å². The average molecular weight is 516 g/mol. The van der Waals surface area contributed by atoms with Crippen LogP contribution in [0.5, 0.6) is 5.75 Å². The highest BCUT2D eigenvalue weighted by Gasteiger charge is 2.44. The number of anilines is 1. The van der Waals surface area contributed by atoms with Gasteiger partial charge in [0.15, 0.2) is 0 Å². The first-order chi connectivity index (χ1) is 17.2. The molecule has 1 aromatic rings. The van der Waals surface area contributed by atoms with Gasteiger partial charge in [-0.3, -0.25) is 9.69 Å². The number of hydrogen-bond acceptors (Lipinski definition) is 4. The zero-order chi connectivity index (χ0) is 27.3. The fraction of sp³-hybridized carbons (Fsp3) is 0.700. The summed E-state index contributed by atoms with van der Waals surface area (Å²) in [6, 6.07) is 7.72. The molecule has 0 radical (unpaired) electrons. The first-order valence-corrected chi connectivity index (χ1v) is 14.3. The maximum atomic E-state index is 11.9. The van der Waals surface area contributed by atoms with Gasteiger partial charge in [0.1, 0.15) is 12.3 Å². The fourth-order valence-corrected chi connectivity index (χ4v) is 6.52. The van der Waals surface area contributed by atoms with Gasteiger partial charge in [-0.05, 0) is 81.3 Å². The van der Waals surface area contributed by atoms with Crippen molar-refractivity contribution in [3.63, 3.8) is 0 Å². The van der Waals surface area contributed by atoms with Crippen LogP contribution in [0.2, 0.25) is 0 Å². The van der Waals surface area contributed by atoms with Crippen molar-refractivity contribution in [2.75, 3.05) is 18.6 Å². The van der Waals surface area contributed by atoms with Crippen molar-refractivity contribution >= 4 is 28.8 Å². The first-order valence-electron chi connectivity index (χ1n) is 13.9. The number of methoxy groups -OCH3 is 1. The van der Waals surface area contributed by atoms with Crippen LogP contribution in [0.4, 0.5) is 5.69 Å². The molecule has 0 spiro atoms. The van der Waals surface area contributed by atoms with E-state index in [0.29, 0.717) is 17.7 Å². The summed E-state index contributed by atoms with van der Waals surface area (Å²) in [4.78, 5) is 14.4. The van der Waals surface area contributed by atoms with Crippen molar-refractivity contribution in [2.24, 2.45) is 17.8 Å². The third-order valence-electron chi connectivity index (χ3n) is 7.02. The van der Waals surface area contributed by atoms with Gasteiger partial charge in [0.2, 0.25) is 5.91 Å². The van der Waals surface area contributed by atoms with Crippen LogP contribution >= 0.6 is 12.2 Å². The zero-order valence-corrected chi connectivity index (χ0v) is 24.8. The second-order valence-corrected chi connectivity index (χ2v) is 10.7. The minimum absolute atomic E-state index is 0.0125. The summed E-state index contributed by atoms with van der Waals surface area (Å²) in [5.74, 6) is 3.41. The van der Waals surface area contributed by atoms with Gasteiger partial charge >= 0.3 is 0 Å². The maximum Gasteiger partial charge on any atom is 0.227 e. The number of ether oxygens (including phenoxy) is 1. The Morgan fingerprint density at radius 3 is 2.28 bits per heavy atom. The van der Waals surface area contributed by atoms with Crippen molar-refractivity contribution in [1.82, 2.24) is 5.32 Å². The van der Waals surface area contributed by atoms with Gasteiger partial charge < -0.3 is 10.1 Å². The number of nitrogens with one attached hydrogen (secondary N) is 1. The molecule has 2 bridgehead atoms. The standard InChI is InChI=1S/C13H14N2O2.C13H23NS.2C2H6/c1-17-11-6-5-10-3-2-4-13(16)15(8-7-14)12(10)9-11;1-9-4-12-5-10(2)7-13(6-9,8-12)14-11(3)15;2*1-2/h5-6,9H,2-4,8H2,1H3;9-10,12H,4-8H2,1-3H3,(H,14,15);2*1-2H3. The number of hydrogen-bond donors (Lipinski definition) is 1. The quantitative estimate of drug-likeness (QED) is 0.334. The highest BCUT2D eigenvalue weighted by atomic mass is 32.1. The molecule has 1 amide bonds. The van der Waals surface area contributed by atoms with E-state index in [2.05, 4.69) is 19.2 Å². The van der Waals surface area contributed by atoms with Crippen LogP contribution in [-0.2, 0) is 11.2 Å². The third-order valence-corrected chi connectivity index (χ3v) is 7.12. The molecule has 1 aromatic carbocycles. The maximum absolute atomic E-state index is 11.9. The number of thiocarbonyl (C=S) groups is 1. The number of carbonyl (C=O) groups is 1. The largest absolute Gasteiger partial charge is 0.497 e. The molecule has 4 rings (SSSR count). The van der Waals surface area contributed by atoms with Crippen molar-refractivity contribution in [3.05, 3.63) is 23.8 Å². The van der Waals surface area contributed by atoms with Crippen molar-refractivity contribution in [1.29, 1.82) is 5.26 Å². The Balaban J connectivity index is 0.000000318. The van der Waals surface area contributed by atoms with Crippen LogP contribution in [-0.4, -0.2) is 30.1 Å². The van der Waals surface area contributed by atoms with Gasteiger partial charge in [0.25, 0.3) is 0 Å². The lowest BCUT2D eigenvalue weighted by Gasteiger charge is -2.50. The van der Waals surface area contributed by atoms with Gasteiger partial charge in [-0.25, -0.2) is 0 Å². The molecular weight excluding hydrogens is 466 g/mol. The van der Waals surface area contributed by atoms with Gasteiger partial charge in [-0.2, -0.15) is 5.26 Å². The highest BCUT2D eigenvalue weighted by molar-refractivity contribution is 7.80. The lowest BCUT2D eigenvalue weighted by molar-refractivity contribution is -0.118. The Kier molecular flexibility index (Phi) is 14.1. The van der Waals surface area contributed by atoms with E-state index < -0.39 is 0 Å². The molecule has 2 atom stereocenters. The molecule has 5 nitrogen and oxygen atoms in total. The second-order valence-electron chi connectivity index (χ2n) is 10.1. The monoisotopic (exact) mass is 515 g/mol. The number of aryl methyl sites for hydroxylation is 1. The molecular formula is C30H49N3O2S. The normalized spacial score (nSPS) is 26.0. The summed E-state index contributed by atoms with van der Waals surface area (Å²) in [6.45, 7) is 14.9. The Labute approximate surface area is 226 Å². The van der Waals surface area contributed by atoms with Crippen LogP contribution in [0.3, 0.4) is 0 Å². The number of fused-ring (bicyclic) bond motifs is 3. The molecule has 36 heavy (non-hydrogen) atoms. The van der Waals surface area contributed by atoms with Crippen LogP contribution < -0.4 is 15.0 Å². The minimum atomic E-state index is 0.0125. The first kappa shape index (κ1) is 31.9. The zero-order valence-electron chi connectivity index (χ0n) is 23.9. The summed E-state index contributed by atoms with van der Waals surface area (Å²) in [5, 5.41) is 12.4. The SMILES string of the molecule is CC.CC.CC(=S)NC12CC(C)CC(CC(C)C1)C2.COc1ccc2c(c1)N(CC#N)C(=O)CCC2. The Hall–Kier alpha value is -2.13. The minimum Gasteiger partial charge on any atom is -0.497 e. The van der Waals surface area contributed by atoms with E-state index in [-0.39, 0.29) is 12.5 Å². The summed E-state index contributed by atoms with van der Waals surface area (Å²) in [5.41, 5.74) is 2.27. The number of carbonyl (C=O) groups excluding carboxylic acids is 1. The molecule has 2 unspecified atom stereocenters. The molecule has 2 fully saturated rings. The third kappa shape index (κ3) is 9.07. The fourth-order valence-electron chi connectivity index (χ4n) is 6.31. The lowest BCUT2D eigenvalue weighted by atomic mass is 9.61. The van der Waals surface area contributed by atoms with Gasteiger partial charge in [-0.15, -0.1) is 0 Å². The lowest BCUT2D eigenvalue weighted by Crippen LogP contribution is -2.55. The number of benzene rings is 1. The molecule has 2 saturated carbocycles. The average Bonchev–Trinajstić information content (AvgIpc) is 2.98. The van der Waals surface area contributed by atoms with E-state index >= 15 is 0 Å².